The van der Waals surface area contributed by atoms with Gasteiger partial charge in [-0.3, -0.25) is 9.89 Å². The summed E-state index contributed by atoms with van der Waals surface area (Å²) in [5, 5.41) is 7.00. The van der Waals surface area contributed by atoms with Crippen LogP contribution in [0.3, 0.4) is 0 Å². The third-order valence-corrected chi connectivity index (χ3v) is 5.95. The summed E-state index contributed by atoms with van der Waals surface area (Å²) < 4.78 is 5.97. The van der Waals surface area contributed by atoms with Crippen molar-refractivity contribution in [3.05, 3.63) is 17.5 Å². The van der Waals surface area contributed by atoms with Gasteiger partial charge in [0.15, 0.2) is 5.96 Å². The van der Waals surface area contributed by atoms with Gasteiger partial charge in [-0.2, -0.15) is 0 Å². The average Bonchev–Trinajstić information content (AvgIpc) is 3.20. The molecule has 3 rings (SSSR count). The highest BCUT2D eigenvalue weighted by Gasteiger charge is 2.23. The van der Waals surface area contributed by atoms with E-state index in [-0.39, 0.29) is 30.1 Å². The lowest BCUT2D eigenvalue weighted by molar-refractivity contribution is -0.0262. The van der Waals surface area contributed by atoms with Crippen molar-refractivity contribution >= 4 is 46.3 Å². The lowest BCUT2D eigenvalue weighted by Gasteiger charge is -2.37. The number of guanidine groups is 1. The van der Waals surface area contributed by atoms with Gasteiger partial charge in [0.1, 0.15) is 0 Å². The van der Waals surface area contributed by atoms with Gasteiger partial charge < -0.3 is 19.9 Å². The number of halogens is 1. The van der Waals surface area contributed by atoms with E-state index >= 15 is 0 Å². The fourth-order valence-electron chi connectivity index (χ4n) is 3.78. The van der Waals surface area contributed by atoms with Gasteiger partial charge >= 0.3 is 0 Å². The van der Waals surface area contributed by atoms with E-state index in [1.54, 1.807) is 0 Å². The van der Waals surface area contributed by atoms with E-state index in [9.17, 15) is 0 Å². The Morgan fingerprint density at radius 3 is 2.71 bits per heavy atom. The van der Waals surface area contributed by atoms with Crippen LogP contribution in [0.5, 0.6) is 0 Å². The van der Waals surface area contributed by atoms with Crippen molar-refractivity contribution in [2.45, 2.75) is 26.9 Å². The van der Waals surface area contributed by atoms with E-state index in [0.717, 1.165) is 71.5 Å². The molecule has 0 bridgehead atoms. The summed E-state index contributed by atoms with van der Waals surface area (Å²) in [6.07, 6.45) is 0.207. The number of hydrogen-bond donors (Lipinski definition) is 1. The molecule has 0 aliphatic carbocycles. The van der Waals surface area contributed by atoms with Gasteiger partial charge in [-0.15, -0.1) is 35.3 Å². The molecule has 1 unspecified atom stereocenters. The zero-order valence-corrected chi connectivity index (χ0v) is 20.6. The Morgan fingerprint density at radius 2 is 2.07 bits per heavy atom. The molecule has 8 heteroatoms. The second kappa shape index (κ2) is 12.2. The van der Waals surface area contributed by atoms with Gasteiger partial charge in [-0.05, 0) is 30.4 Å². The van der Waals surface area contributed by atoms with Crippen LogP contribution < -0.4 is 10.2 Å². The molecule has 160 valence electrons. The first-order chi connectivity index (χ1) is 13.2. The average molecular weight is 522 g/mol. The number of piperazine rings is 1. The number of nitrogens with one attached hydrogen (secondary N) is 1. The van der Waals surface area contributed by atoms with Crippen molar-refractivity contribution in [2.24, 2.45) is 10.9 Å². The van der Waals surface area contributed by atoms with Crippen molar-refractivity contribution in [2.75, 3.05) is 70.4 Å². The quantitative estimate of drug-likeness (QED) is 0.355. The molecule has 2 aliphatic heterocycles. The Hall–Kier alpha value is -0.580. The molecule has 0 amide bonds. The molecule has 0 radical (unpaired) electrons. The van der Waals surface area contributed by atoms with E-state index in [2.05, 4.69) is 58.3 Å². The van der Waals surface area contributed by atoms with E-state index in [1.807, 2.05) is 11.3 Å². The predicted octanol–water partition coefficient (Wildman–Crippen LogP) is 2.81. The zero-order chi connectivity index (χ0) is 19.1. The number of rotatable bonds is 6. The first kappa shape index (κ1) is 23.7. The first-order valence-electron chi connectivity index (χ1n) is 10.3. The lowest BCUT2D eigenvalue weighted by Crippen LogP contribution is -2.53. The maximum Gasteiger partial charge on any atom is 0.194 e. The molecule has 1 aromatic rings. The summed E-state index contributed by atoms with van der Waals surface area (Å²) >= 11 is 1.82. The minimum atomic E-state index is 0. The van der Waals surface area contributed by atoms with Crippen LogP contribution in [0.25, 0.3) is 0 Å². The highest BCUT2D eigenvalue weighted by Crippen LogP contribution is 2.22. The van der Waals surface area contributed by atoms with E-state index in [4.69, 9.17) is 9.73 Å². The van der Waals surface area contributed by atoms with Gasteiger partial charge in [-0.25, -0.2) is 0 Å². The van der Waals surface area contributed by atoms with E-state index < -0.39 is 0 Å². The highest BCUT2D eigenvalue weighted by molar-refractivity contribution is 14.0. The third-order valence-electron chi connectivity index (χ3n) is 5.02. The van der Waals surface area contributed by atoms with Crippen molar-refractivity contribution < 1.29 is 4.74 Å². The zero-order valence-electron chi connectivity index (χ0n) is 17.5. The Balaban J connectivity index is 0.00000280. The molecule has 2 aliphatic rings. The van der Waals surface area contributed by atoms with Crippen LogP contribution in [0, 0.1) is 5.92 Å². The second-order valence-corrected chi connectivity index (χ2v) is 8.69. The molecule has 1 N–H and O–H groups in total. The van der Waals surface area contributed by atoms with Crippen LogP contribution >= 0.6 is 35.3 Å². The molecule has 3 heterocycles. The van der Waals surface area contributed by atoms with Crippen molar-refractivity contribution in [1.29, 1.82) is 0 Å². The summed E-state index contributed by atoms with van der Waals surface area (Å²) in [6, 6.07) is 4.34. The SMILES string of the molecule is CCNC(=NCC1CN(CC(C)C)CCO1)N1CCN(c2cccs2)CC1.I. The molecular weight excluding hydrogens is 485 g/mol. The molecule has 28 heavy (non-hydrogen) atoms. The summed E-state index contributed by atoms with van der Waals surface area (Å²) in [7, 11) is 0. The molecule has 2 saturated heterocycles. The summed E-state index contributed by atoms with van der Waals surface area (Å²) in [6.45, 7) is 16.5. The lowest BCUT2D eigenvalue weighted by atomic mass is 10.2. The number of ether oxygens (including phenoxy) is 1. The van der Waals surface area contributed by atoms with Gasteiger partial charge in [0.2, 0.25) is 0 Å². The van der Waals surface area contributed by atoms with Gasteiger partial charge in [0.25, 0.3) is 0 Å². The Kier molecular flexibility index (Phi) is 10.3. The van der Waals surface area contributed by atoms with Gasteiger partial charge in [-0.1, -0.05) is 13.8 Å². The number of morpholine rings is 1. The van der Waals surface area contributed by atoms with E-state index in [0.29, 0.717) is 5.92 Å². The van der Waals surface area contributed by atoms with Crippen LogP contribution in [0.15, 0.2) is 22.5 Å². The molecule has 6 nitrogen and oxygen atoms in total. The fourth-order valence-corrected chi connectivity index (χ4v) is 4.56. The Morgan fingerprint density at radius 1 is 1.29 bits per heavy atom. The van der Waals surface area contributed by atoms with Gasteiger partial charge in [0, 0.05) is 52.4 Å². The predicted molar refractivity (Wildman–Crippen MR) is 131 cm³/mol. The summed E-state index contributed by atoms with van der Waals surface area (Å²) in [5.74, 6) is 1.73. The maximum atomic E-state index is 5.97. The normalized spacial score (nSPS) is 21.7. The van der Waals surface area contributed by atoms with Gasteiger partial charge in [0.05, 0.1) is 24.3 Å². The number of aliphatic imine (C=N–C) groups is 1. The highest BCUT2D eigenvalue weighted by atomic mass is 127. The van der Waals surface area contributed by atoms with Crippen LogP contribution in [0.2, 0.25) is 0 Å². The monoisotopic (exact) mass is 521 g/mol. The molecular formula is C20H36IN5OS. The summed E-state index contributed by atoms with van der Waals surface area (Å²) in [5.41, 5.74) is 0. The van der Waals surface area contributed by atoms with Crippen molar-refractivity contribution in [3.8, 4) is 0 Å². The smallest absolute Gasteiger partial charge is 0.194 e. The van der Waals surface area contributed by atoms with Crippen LogP contribution in [-0.2, 0) is 4.74 Å². The molecule has 1 aromatic heterocycles. The minimum Gasteiger partial charge on any atom is -0.374 e. The van der Waals surface area contributed by atoms with Crippen molar-refractivity contribution in [3.63, 3.8) is 0 Å². The van der Waals surface area contributed by atoms with Crippen LogP contribution in [0.1, 0.15) is 20.8 Å². The number of thiophene rings is 1. The Labute approximate surface area is 191 Å². The van der Waals surface area contributed by atoms with E-state index in [1.165, 1.54) is 5.00 Å². The van der Waals surface area contributed by atoms with Crippen LogP contribution in [-0.4, -0.2) is 87.4 Å². The maximum absolute atomic E-state index is 5.97. The third kappa shape index (κ3) is 7.03. The second-order valence-electron chi connectivity index (χ2n) is 7.77. The number of anilines is 1. The fraction of sp³-hybridized carbons (Fsp3) is 0.750. The molecule has 1 atom stereocenters. The standard InChI is InChI=1S/C20H35N5OS.HI/c1-4-21-20(22-14-18-16-23(11-12-26-18)15-17(2)3)25-9-7-24(8-10-25)19-6-5-13-27-19;/h5-6,13,17-18H,4,7-12,14-16H2,1-3H3,(H,21,22);1H. The summed E-state index contributed by atoms with van der Waals surface area (Å²) in [4.78, 5) is 12.3. The molecule has 0 spiro atoms. The molecule has 0 aromatic carbocycles. The van der Waals surface area contributed by atoms with Crippen LogP contribution in [0.4, 0.5) is 5.00 Å². The molecule has 0 saturated carbocycles. The number of nitrogens with zero attached hydrogens (tertiary/aromatic N) is 4. The topological polar surface area (TPSA) is 43.3 Å². The van der Waals surface area contributed by atoms with Crippen molar-refractivity contribution in [1.82, 2.24) is 15.1 Å². The number of hydrogen-bond acceptors (Lipinski definition) is 5. The Bertz CT molecular complexity index is 575. The minimum absolute atomic E-state index is 0. The molecule has 2 fully saturated rings. The largest absolute Gasteiger partial charge is 0.374 e. The first-order valence-corrected chi connectivity index (χ1v) is 11.2.